The molecule has 0 aromatic carbocycles. The molecule has 0 spiro atoms. The predicted molar refractivity (Wildman–Crippen MR) is 35.2 cm³/mol. The second kappa shape index (κ2) is 4.35. The first kappa shape index (κ1) is 13.5. The lowest BCUT2D eigenvalue weighted by atomic mass is 10.0. The molecule has 0 fully saturated rings. The third-order valence-electron chi connectivity index (χ3n) is 1.59. The Morgan fingerprint density at radius 3 is 1.86 bits per heavy atom. The SMILES string of the molecule is CCCC(F)C(F)(F)C(F)(F)[C](F)F. The van der Waals surface area contributed by atoms with Crippen molar-refractivity contribution in [2.24, 2.45) is 0 Å². The van der Waals surface area contributed by atoms with Crippen LogP contribution in [0, 0.1) is 6.43 Å². The standard InChI is InChI=1S/C7H8F7/c1-2-3-4(8)6(11,12)7(13,14)5(9)10/h4H,2-3H2,1H3. The Bertz CT molecular complexity index is 177. The number of halogens is 7. The molecule has 7 heteroatoms. The van der Waals surface area contributed by atoms with Gasteiger partial charge >= 0.3 is 18.3 Å². The second-order valence-electron chi connectivity index (χ2n) is 2.71. The van der Waals surface area contributed by atoms with Crippen LogP contribution < -0.4 is 0 Å². The van der Waals surface area contributed by atoms with E-state index in [1.807, 2.05) is 0 Å². The van der Waals surface area contributed by atoms with Crippen LogP contribution in [0.25, 0.3) is 0 Å². The van der Waals surface area contributed by atoms with Gasteiger partial charge in [-0.25, -0.2) is 4.39 Å². The zero-order chi connectivity index (χ0) is 11.6. The highest BCUT2D eigenvalue weighted by Crippen LogP contribution is 2.46. The van der Waals surface area contributed by atoms with Gasteiger partial charge in [0.05, 0.1) is 0 Å². The summed E-state index contributed by atoms with van der Waals surface area (Å²) in [5, 5.41) is 0. The Morgan fingerprint density at radius 2 is 1.57 bits per heavy atom. The van der Waals surface area contributed by atoms with Crippen LogP contribution >= 0.6 is 0 Å². The van der Waals surface area contributed by atoms with Crippen LogP contribution in [-0.4, -0.2) is 18.0 Å². The molecule has 0 bridgehead atoms. The lowest BCUT2D eigenvalue weighted by Crippen LogP contribution is -2.49. The van der Waals surface area contributed by atoms with E-state index in [2.05, 4.69) is 0 Å². The van der Waals surface area contributed by atoms with Gasteiger partial charge in [0, 0.05) is 0 Å². The summed E-state index contributed by atoms with van der Waals surface area (Å²) in [5.74, 6) is -11.1. The highest BCUT2D eigenvalue weighted by molar-refractivity contribution is 4.99. The van der Waals surface area contributed by atoms with E-state index < -0.39 is 30.9 Å². The minimum atomic E-state index is -5.71. The molecule has 85 valence electrons. The van der Waals surface area contributed by atoms with Gasteiger partial charge in [-0.05, 0) is 6.42 Å². The first-order valence-electron chi connectivity index (χ1n) is 3.76. The Labute approximate surface area is 76.1 Å². The van der Waals surface area contributed by atoms with Gasteiger partial charge in [0.1, 0.15) is 0 Å². The molecule has 0 saturated carbocycles. The highest BCUT2D eigenvalue weighted by Gasteiger charge is 2.68. The zero-order valence-corrected chi connectivity index (χ0v) is 7.14. The minimum absolute atomic E-state index is 0.138. The van der Waals surface area contributed by atoms with Crippen LogP contribution in [0.15, 0.2) is 0 Å². The monoisotopic (exact) mass is 225 g/mol. The molecule has 0 heterocycles. The Balaban J connectivity index is 4.74. The van der Waals surface area contributed by atoms with Crippen LogP contribution in [0.4, 0.5) is 30.7 Å². The molecule has 14 heavy (non-hydrogen) atoms. The van der Waals surface area contributed by atoms with Crippen LogP contribution in [0.1, 0.15) is 19.8 Å². The maximum Gasteiger partial charge on any atom is 0.384 e. The quantitative estimate of drug-likeness (QED) is 0.624. The Kier molecular flexibility index (Phi) is 4.20. The fourth-order valence-electron chi connectivity index (χ4n) is 0.757. The molecule has 1 atom stereocenters. The number of hydrogen-bond acceptors (Lipinski definition) is 0. The molecule has 0 aliphatic heterocycles. The van der Waals surface area contributed by atoms with Crippen molar-refractivity contribution in [1.82, 2.24) is 0 Å². The zero-order valence-electron chi connectivity index (χ0n) is 7.14. The van der Waals surface area contributed by atoms with Crippen molar-refractivity contribution in [3.05, 3.63) is 6.43 Å². The van der Waals surface area contributed by atoms with E-state index in [1.54, 1.807) is 0 Å². The van der Waals surface area contributed by atoms with Gasteiger partial charge in [0.25, 0.3) is 0 Å². The van der Waals surface area contributed by atoms with Crippen molar-refractivity contribution in [2.45, 2.75) is 37.8 Å². The van der Waals surface area contributed by atoms with Crippen molar-refractivity contribution in [1.29, 1.82) is 0 Å². The maximum absolute atomic E-state index is 12.5. The van der Waals surface area contributed by atoms with Crippen molar-refractivity contribution >= 4 is 0 Å². The van der Waals surface area contributed by atoms with Gasteiger partial charge < -0.3 is 0 Å². The van der Waals surface area contributed by atoms with E-state index in [0.29, 0.717) is 0 Å². The van der Waals surface area contributed by atoms with Crippen molar-refractivity contribution in [3.63, 3.8) is 0 Å². The molecule has 0 rings (SSSR count). The summed E-state index contributed by atoms with van der Waals surface area (Å²) in [6.07, 6.45) is -8.08. The summed E-state index contributed by atoms with van der Waals surface area (Å²) < 4.78 is 84.4. The van der Waals surface area contributed by atoms with Crippen molar-refractivity contribution in [2.75, 3.05) is 0 Å². The topological polar surface area (TPSA) is 0 Å². The largest absolute Gasteiger partial charge is 0.384 e. The molecular formula is C7H8F7. The smallest absolute Gasteiger partial charge is 0.241 e. The molecule has 1 radical (unpaired) electrons. The summed E-state index contributed by atoms with van der Waals surface area (Å²) in [6, 6.07) is 0. The molecule has 0 nitrogen and oxygen atoms in total. The van der Waals surface area contributed by atoms with Crippen LogP contribution in [0.2, 0.25) is 0 Å². The maximum atomic E-state index is 12.5. The lowest BCUT2D eigenvalue weighted by Gasteiger charge is -2.27. The minimum Gasteiger partial charge on any atom is -0.241 e. The van der Waals surface area contributed by atoms with Gasteiger partial charge in [-0.1, -0.05) is 13.3 Å². The van der Waals surface area contributed by atoms with E-state index in [-0.39, 0.29) is 6.42 Å². The molecule has 0 aromatic heterocycles. The van der Waals surface area contributed by atoms with Crippen molar-refractivity contribution in [3.8, 4) is 0 Å². The molecule has 1 unspecified atom stereocenters. The number of alkyl halides is 5. The molecule has 0 aliphatic carbocycles. The summed E-state index contributed by atoms with van der Waals surface area (Å²) >= 11 is 0. The average Bonchev–Trinajstić information content (AvgIpc) is 2.04. The van der Waals surface area contributed by atoms with Crippen LogP contribution in [0.5, 0.6) is 0 Å². The fourth-order valence-corrected chi connectivity index (χ4v) is 0.757. The second-order valence-corrected chi connectivity index (χ2v) is 2.71. The van der Waals surface area contributed by atoms with E-state index in [9.17, 15) is 30.7 Å². The summed E-state index contributed by atoms with van der Waals surface area (Å²) in [7, 11) is 0. The average molecular weight is 225 g/mol. The van der Waals surface area contributed by atoms with Crippen LogP contribution in [0.3, 0.4) is 0 Å². The van der Waals surface area contributed by atoms with Gasteiger partial charge in [-0.3, -0.25) is 0 Å². The van der Waals surface area contributed by atoms with E-state index in [0.717, 1.165) is 0 Å². The third kappa shape index (κ3) is 2.30. The Morgan fingerprint density at radius 1 is 1.14 bits per heavy atom. The molecule has 0 amide bonds. The molecule has 0 aromatic rings. The third-order valence-corrected chi connectivity index (χ3v) is 1.59. The molecule has 0 N–H and O–H groups in total. The predicted octanol–water partition coefficient (Wildman–Crippen LogP) is 3.82. The summed E-state index contributed by atoms with van der Waals surface area (Å²) in [6.45, 7) is 1.27. The lowest BCUT2D eigenvalue weighted by molar-refractivity contribution is -0.255. The van der Waals surface area contributed by atoms with E-state index >= 15 is 0 Å². The van der Waals surface area contributed by atoms with E-state index in [1.165, 1.54) is 6.92 Å². The van der Waals surface area contributed by atoms with Gasteiger partial charge in [-0.15, -0.1) is 0 Å². The first-order valence-corrected chi connectivity index (χ1v) is 3.76. The Hall–Kier alpha value is -0.490. The van der Waals surface area contributed by atoms with Crippen molar-refractivity contribution < 1.29 is 30.7 Å². The summed E-state index contributed by atoms with van der Waals surface area (Å²) in [4.78, 5) is 0. The number of hydrogen-bond donors (Lipinski definition) is 0. The van der Waals surface area contributed by atoms with Gasteiger partial charge in [0.15, 0.2) is 6.17 Å². The molecular weight excluding hydrogens is 217 g/mol. The fraction of sp³-hybridized carbons (Fsp3) is 0.857. The molecule has 0 saturated heterocycles. The van der Waals surface area contributed by atoms with Gasteiger partial charge in [-0.2, -0.15) is 26.3 Å². The van der Waals surface area contributed by atoms with E-state index in [4.69, 9.17) is 0 Å². The molecule has 0 aliphatic rings. The van der Waals surface area contributed by atoms with Crippen LogP contribution in [-0.2, 0) is 0 Å². The van der Waals surface area contributed by atoms with Gasteiger partial charge in [0.2, 0.25) is 0 Å². The normalized spacial score (nSPS) is 16.1. The first-order chi connectivity index (χ1) is 6.17. The summed E-state index contributed by atoms with van der Waals surface area (Å²) in [5.41, 5.74) is 0. The number of rotatable bonds is 5. The highest BCUT2D eigenvalue weighted by atomic mass is 19.3.